The lowest BCUT2D eigenvalue weighted by Gasteiger charge is -2.19. The smallest absolute Gasteiger partial charge is 0.308 e. The summed E-state index contributed by atoms with van der Waals surface area (Å²) >= 11 is 1.15. The van der Waals surface area contributed by atoms with Gasteiger partial charge in [-0.1, -0.05) is 12.1 Å². The van der Waals surface area contributed by atoms with Gasteiger partial charge in [0, 0.05) is 19.7 Å². The molecule has 122 valence electrons. The number of anilines is 1. The molecule has 1 aromatic heterocycles. The first kappa shape index (κ1) is 18.0. The number of carboxylic acid groups (broad SMARTS) is 1. The number of nitrogens with one attached hydrogen (secondary N) is 1. The van der Waals surface area contributed by atoms with Gasteiger partial charge in [-0.2, -0.15) is 0 Å². The monoisotopic (exact) mass is 329 g/mol. The van der Waals surface area contributed by atoms with E-state index in [9.17, 15) is 14.4 Å². The first-order valence-electron chi connectivity index (χ1n) is 6.57. The maximum atomic E-state index is 11.8. The normalized spacial score (nSPS) is 11.8. The lowest BCUT2D eigenvalue weighted by atomic mass is 10.2. The van der Waals surface area contributed by atoms with Crippen LogP contribution in [0.15, 0.2) is 10.6 Å². The highest BCUT2D eigenvalue weighted by Crippen LogP contribution is 2.09. The summed E-state index contributed by atoms with van der Waals surface area (Å²) < 4.78 is 4.82. The molecule has 8 nitrogen and oxygen atoms in total. The standard InChI is InChI=1S/C13H19N3O5S/c1-8(13(19)20)5-16(3)12(18)7-22-6-11(17)14-10-4-9(2)21-15-10/h4,8H,5-7H2,1-3H3,(H,19,20)(H,14,15,17). The zero-order valence-corrected chi connectivity index (χ0v) is 13.5. The summed E-state index contributed by atoms with van der Waals surface area (Å²) in [7, 11) is 1.54. The third-order valence-corrected chi connectivity index (χ3v) is 3.67. The number of hydrogen-bond donors (Lipinski definition) is 2. The minimum atomic E-state index is -0.949. The van der Waals surface area contributed by atoms with E-state index in [0.717, 1.165) is 11.8 Å². The quantitative estimate of drug-likeness (QED) is 0.726. The third kappa shape index (κ3) is 6.17. The largest absolute Gasteiger partial charge is 0.481 e. The maximum Gasteiger partial charge on any atom is 0.308 e. The molecular weight excluding hydrogens is 310 g/mol. The molecule has 0 bridgehead atoms. The third-order valence-electron chi connectivity index (χ3n) is 2.75. The number of hydrogen-bond acceptors (Lipinski definition) is 6. The summed E-state index contributed by atoms with van der Waals surface area (Å²) in [4.78, 5) is 35.5. The summed E-state index contributed by atoms with van der Waals surface area (Å²) in [5.41, 5.74) is 0. The predicted molar refractivity (Wildman–Crippen MR) is 81.6 cm³/mol. The van der Waals surface area contributed by atoms with Crippen molar-refractivity contribution in [1.29, 1.82) is 0 Å². The van der Waals surface area contributed by atoms with E-state index in [1.807, 2.05) is 0 Å². The van der Waals surface area contributed by atoms with Crippen molar-refractivity contribution in [3.8, 4) is 0 Å². The highest BCUT2D eigenvalue weighted by atomic mass is 32.2. The second kappa shape index (κ2) is 8.42. The van der Waals surface area contributed by atoms with Gasteiger partial charge in [0.15, 0.2) is 5.82 Å². The lowest BCUT2D eigenvalue weighted by molar-refractivity contribution is -0.142. The van der Waals surface area contributed by atoms with Crippen LogP contribution in [0.1, 0.15) is 12.7 Å². The molecule has 0 saturated carbocycles. The first-order chi connectivity index (χ1) is 10.3. The van der Waals surface area contributed by atoms with Crippen LogP contribution in [0.5, 0.6) is 0 Å². The number of carbonyl (C=O) groups is 3. The molecule has 22 heavy (non-hydrogen) atoms. The minimum absolute atomic E-state index is 0.0972. The first-order valence-corrected chi connectivity index (χ1v) is 7.72. The summed E-state index contributed by atoms with van der Waals surface area (Å²) in [6.45, 7) is 3.38. The molecular formula is C13H19N3O5S. The van der Waals surface area contributed by atoms with Gasteiger partial charge in [0.2, 0.25) is 11.8 Å². The van der Waals surface area contributed by atoms with Gasteiger partial charge >= 0.3 is 5.97 Å². The molecule has 2 N–H and O–H groups in total. The van der Waals surface area contributed by atoms with E-state index in [-0.39, 0.29) is 29.9 Å². The second-order valence-corrected chi connectivity index (χ2v) is 5.86. The van der Waals surface area contributed by atoms with Crippen molar-refractivity contribution in [2.45, 2.75) is 13.8 Å². The fraction of sp³-hybridized carbons (Fsp3) is 0.538. The van der Waals surface area contributed by atoms with Gasteiger partial charge < -0.3 is 19.8 Å². The zero-order valence-electron chi connectivity index (χ0n) is 12.7. The summed E-state index contributed by atoms with van der Waals surface area (Å²) in [6, 6.07) is 1.59. The molecule has 2 amide bonds. The number of nitrogens with zero attached hydrogens (tertiary/aromatic N) is 2. The number of thioether (sulfide) groups is 1. The van der Waals surface area contributed by atoms with Crippen LogP contribution in [-0.2, 0) is 14.4 Å². The summed E-state index contributed by atoms with van der Waals surface area (Å²) in [5.74, 6) is -0.953. The molecule has 0 radical (unpaired) electrons. The molecule has 1 unspecified atom stereocenters. The molecule has 0 aromatic carbocycles. The second-order valence-electron chi connectivity index (χ2n) is 4.88. The molecule has 0 fully saturated rings. The van der Waals surface area contributed by atoms with Crippen LogP contribution in [0.3, 0.4) is 0 Å². The minimum Gasteiger partial charge on any atom is -0.481 e. The molecule has 0 aliphatic rings. The number of aryl methyl sites for hydroxylation is 1. The Labute approximate surface area is 132 Å². The van der Waals surface area contributed by atoms with Crippen LogP contribution < -0.4 is 5.32 Å². The molecule has 9 heteroatoms. The van der Waals surface area contributed by atoms with Crippen LogP contribution in [0.2, 0.25) is 0 Å². The van der Waals surface area contributed by atoms with Gasteiger partial charge in [-0.15, -0.1) is 11.8 Å². The Hall–Kier alpha value is -2.03. The topological polar surface area (TPSA) is 113 Å². The van der Waals surface area contributed by atoms with Crippen LogP contribution >= 0.6 is 11.8 Å². The fourth-order valence-electron chi connectivity index (χ4n) is 1.54. The number of carboxylic acids is 1. The molecule has 0 aliphatic carbocycles. The Bertz CT molecular complexity index is 546. The van der Waals surface area contributed by atoms with Crippen molar-refractivity contribution in [2.75, 3.05) is 30.4 Å². The van der Waals surface area contributed by atoms with Crippen molar-refractivity contribution in [3.63, 3.8) is 0 Å². The maximum absolute atomic E-state index is 11.8. The molecule has 1 heterocycles. The number of carbonyl (C=O) groups excluding carboxylic acids is 2. The van der Waals surface area contributed by atoms with Crippen molar-refractivity contribution in [1.82, 2.24) is 10.1 Å². The number of rotatable bonds is 8. The number of aromatic nitrogens is 1. The SMILES string of the molecule is Cc1cc(NC(=O)CSCC(=O)N(C)CC(C)C(=O)O)no1. The molecule has 0 spiro atoms. The van der Waals surface area contributed by atoms with Gasteiger partial charge in [-0.05, 0) is 6.92 Å². The van der Waals surface area contributed by atoms with Crippen molar-refractivity contribution in [3.05, 3.63) is 11.8 Å². The van der Waals surface area contributed by atoms with Gasteiger partial charge in [-0.25, -0.2) is 0 Å². The van der Waals surface area contributed by atoms with Gasteiger partial charge in [0.05, 0.1) is 17.4 Å². The molecule has 1 rings (SSSR count). The van der Waals surface area contributed by atoms with Crippen LogP contribution in [-0.4, -0.2) is 58.0 Å². The van der Waals surface area contributed by atoms with Crippen molar-refractivity contribution < 1.29 is 24.0 Å². The van der Waals surface area contributed by atoms with E-state index in [0.29, 0.717) is 11.6 Å². The molecule has 1 atom stereocenters. The molecule has 1 aromatic rings. The van der Waals surface area contributed by atoms with E-state index < -0.39 is 11.9 Å². The van der Waals surface area contributed by atoms with E-state index in [1.54, 1.807) is 20.0 Å². The Morgan fingerprint density at radius 1 is 1.45 bits per heavy atom. The van der Waals surface area contributed by atoms with Crippen LogP contribution in [0, 0.1) is 12.8 Å². The lowest BCUT2D eigenvalue weighted by Crippen LogP contribution is -2.35. The van der Waals surface area contributed by atoms with Crippen LogP contribution in [0.25, 0.3) is 0 Å². The molecule has 0 saturated heterocycles. The van der Waals surface area contributed by atoms with E-state index in [1.165, 1.54) is 11.8 Å². The Morgan fingerprint density at radius 2 is 2.14 bits per heavy atom. The van der Waals surface area contributed by atoms with Gasteiger partial charge in [-0.3, -0.25) is 14.4 Å². The van der Waals surface area contributed by atoms with Crippen LogP contribution in [0.4, 0.5) is 5.82 Å². The van der Waals surface area contributed by atoms with E-state index in [2.05, 4.69) is 10.5 Å². The predicted octanol–water partition coefficient (Wildman–Crippen LogP) is 0.834. The Kier molecular flexibility index (Phi) is 6.90. The zero-order chi connectivity index (χ0) is 16.7. The average molecular weight is 329 g/mol. The highest BCUT2D eigenvalue weighted by Gasteiger charge is 2.17. The highest BCUT2D eigenvalue weighted by molar-refractivity contribution is 8.00. The Morgan fingerprint density at radius 3 is 2.68 bits per heavy atom. The number of amides is 2. The fourth-order valence-corrected chi connectivity index (χ4v) is 2.29. The molecule has 0 aliphatic heterocycles. The Balaban J connectivity index is 2.26. The summed E-state index contributed by atoms with van der Waals surface area (Å²) in [5, 5.41) is 15.0. The van der Waals surface area contributed by atoms with Gasteiger partial charge in [0.1, 0.15) is 5.76 Å². The van der Waals surface area contributed by atoms with Crippen molar-refractivity contribution >= 4 is 35.4 Å². The average Bonchev–Trinajstić information content (AvgIpc) is 2.83. The number of aliphatic carboxylic acids is 1. The van der Waals surface area contributed by atoms with E-state index in [4.69, 9.17) is 9.63 Å². The van der Waals surface area contributed by atoms with Gasteiger partial charge in [0.25, 0.3) is 0 Å². The summed E-state index contributed by atoms with van der Waals surface area (Å²) in [6.07, 6.45) is 0. The van der Waals surface area contributed by atoms with E-state index >= 15 is 0 Å². The van der Waals surface area contributed by atoms with Crippen molar-refractivity contribution in [2.24, 2.45) is 5.92 Å².